The molecule has 0 atom stereocenters. The van der Waals surface area contributed by atoms with Crippen LogP contribution in [0.25, 0.3) is 10.2 Å². The van der Waals surface area contributed by atoms with E-state index in [2.05, 4.69) is 33.6 Å². The summed E-state index contributed by atoms with van der Waals surface area (Å²) in [6.07, 6.45) is 1.68. The van der Waals surface area contributed by atoms with Gasteiger partial charge in [0.2, 0.25) is 5.95 Å². The highest BCUT2D eigenvalue weighted by atomic mass is 32.1. The second-order valence-electron chi connectivity index (χ2n) is 5.09. The van der Waals surface area contributed by atoms with Crippen LogP contribution in [0.1, 0.15) is 17.7 Å². The molecular weight excluding hydrogens is 260 g/mol. The van der Waals surface area contributed by atoms with E-state index in [4.69, 9.17) is 0 Å². The molecule has 1 fully saturated rings. The van der Waals surface area contributed by atoms with Crippen LogP contribution >= 0.6 is 11.3 Å². The first-order chi connectivity index (χ1) is 9.15. The van der Waals surface area contributed by atoms with Gasteiger partial charge in [-0.25, -0.2) is 4.98 Å². The third kappa shape index (κ3) is 2.50. The maximum Gasteiger partial charge on any atom is 0.225 e. The number of nitrogens with one attached hydrogen (secondary N) is 2. The maximum absolute atomic E-state index is 9.31. The molecule has 0 radical (unpaired) electrons. The number of aryl methyl sites for hydroxylation is 1. The molecule has 1 saturated carbocycles. The molecule has 3 N–H and O–H groups in total. The minimum Gasteiger partial charge on any atom is -0.393 e. The third-order valence-electron chi connectivity index (χ3n) is 3.51. The van der Waals surface area contributed by atoms with Crippen LogP contribution in [0.2, 0.25) is 0 Å². The summed E-state index contributed by atoms with van der Waals surface area (Å²) in [7, 11) is 1.83. The van der Waals surface area contributed by atoms with E-state index >= 15 is 0 Å². The minimum absolute atomic E-state index is 0.103. The highest BCUT2D eigenvalue weighted by molar-refractivity contribution is 7.18. The molecule has 2 aromatic heterocycles. The molecule has 0 aromatic carbocycles. The normalized spacial score (nSPS) is 22.3. The quantitative estimate of drug-likeness (QED) is 0.800. The molecule has 0 aliphatic heterocycles. The minimum atomic E-state index is -0.103. The van der Waals surface area contributed by atoms with Crippen LogP contribution in [-0.4, -0.2) is 34.8 Å². The van der Waals surface area contributed by atoms with Gasteiger partial charge in [0.15, 0.2) is 0 Å². The van der Waals surface area contributed by atoms with E-state index in [1.165, 1.54) is 4.88 Å². The fourth-order valence-corrected chi connectivity index (χ4v) is 3.28. The predicted molar refractivity (Wildman–Crippen MR) is 78.9 cm³/mol. The Balaban J connectivity index is 1.83. The van der Waals surface area contributed by atoms with Crippen molar-refractivity contribution in [3.05, 3.63) is 10.9 Å². The second-order valence-corrected chi connectivity index (χ2v) is 6.33. The monoisotopic (exact) mass is 278 g/mol. The smallest absolute Gasteiger partial charge is 0.225 e. The van der Waals surface area contributed by atoms with Gasteiger partial charge in [0.05, 0.1) is 11.5 Å². The van der Waals surface area contributed by atoms with Gasteiger partial charge in [0, 0.05) is 18.5 Å². The van der Waals surface area contributed by atoms with Crippen molar-refractivity contribution < 1.29 is 5.11 Å². The molecule has 2 heterocycles. The number of hydrogen-bond donors (Lipinski definition) is 3. The van der Waals surface area contributed by atoms with Crippen LogP contribution in [-0.2, 0) is 0 Å². The van der Waals surface area contributed by atoms with Gasteiger partial charge in [-0.15, -0.1) is 11.3 Å². The Bertz CT molecular complexity index is 592. The fraction of sp³-hybridized carbons (Fsp3) is 0.538. The van der Waals surface area contributed by atoms with E-state index in [0.717, 1.165) is 35.4 Å². The molecule has 0 spiro atoms. The standard InChI is InChI=1S/C13H18N4OS/c1-7-3-10-11(15-6-8-4-9(18)5-8)16-13(14-2)17-12(10)19-7/h3,8-9,18H,4-6H2,1-2H3,(H2,14,15,16,17). The van der Waals surface area contributed by atoms with Crippen LogP contribution < -0.4 is 10.6 Å². The number of fused-ring (bicyclic) bond motifs is 1. The summed E-state index contributed by atoms with van der Waals surface area (Å²) >= 11 is 1.68. The van der Waals surface area contributed by atoms with Gasteiger partial charge < -0.3 is 15.7 Å². The number of aromatic nitrogens is 2. The van der Waals surface area contributed by atoms with E-state index in [1.807, 2.05) is 7.05 Å². The lowest BCUT2D eigenvalue weighted by molar-refractivity contribution is 0.0487. The van der Waals surface area contributed by atoms with Crippen LogP contribution in [0.15, 0.2) is 6.07 Å². The lowest BCUT2D eigenvalue weighted by Crippen LogP contribution is -2.33. The summed E-state index contributed by atoms with van der Waals surface area (Å²) in [5.41, 5.74) is 0. The van der Waals surface area contributed by atoms with Crippen LogP contribution in [0.5, 0.6) is 0 Å². The zero-order valence-electron chi connectivity index (χ0n) is 11.1. The Labute approximate surface area is 116 Å². The molecule has 0 saturated heterocycles. The Morgan fingerprint density at radius 1 is 1.42 bits per heavy atom. The van der Waals surface area contributed by atoms with Crippen molar-refractivity contribution in [1.82, 2.24) is 9.97 Å². The Hall–Kier alpha value is -1.40. The Kier molecular flexibility index (Phi) is 3.28. The van der Waals surface area contributed by atoms with Crippen LogP contribution in [0.3, 0.4) is 0 Å². The molecule has 0 bridgehead atoms. The van der Waals surface area contributed by atoms with Gasteiger partial charge in [-0.2, -0.15) is 4.98 Å². The van der Waals surface area contributed by atoms with E-state index in [0.29, 0.717) is 11.9 Å². The van der Waals surface area contributed by atoms with Crippen LogP contribution in [0.4, 0.5) is 11.8 Å². The third-order valence-corrected chi connectivity index (χ3v) is 4.45. The van der Waals surface area contributed by atoms with Crippen molar-refractivity contribution in [3.8, 4) is 0 Å². The molecule has 102 valence electrons. The van der Waals surface area contributed by atoms with Gasteiger partial charge in [0.25, 0.3) is 0 Å². The summed E-state index contributed by atoms with van der Waals surface area (Å²) in [6, 6.07) is 2.12. The summed E-state index contributed by atoms with van der Waals surface area (Å²) in [5.74, 6) is 2.09. The predicted octanol–water partition coefficient (Wildman–Crippen LogP) is 2.22. The topological polar surface area (TPSA) is 70.1 Å². The molecule has 3 rings (SSSR count). The first kappa shape index (κ1) is 12.6. The van der Waals surface area contributed by atoms with E-state index in [1.54, 1.807) is 11.3 Å². The lowest BCUT2D eigenvalue weighted by atomic mass is 9.82. The zero-order valence-corrected chi connectivity index (χ0v) is 11.9. The van der Waals surface area contributed by atoms with Gasteiger partial charge in [-0.05, 0) is 31.7 Å². The molecule has 2 aromatic rings. The lowest BCUT2D eigenvalue weighted by Gasteiger charge is -2.31. The Morgan fingerprint density at radius 3 is 2.89 bits per heavy atom. The largest absolute Gasteiger partial charge is 0.393 e. The number of hydrogen-bond acceptors (Lipinski definition) is 6. The van der Waals surface area contributed by atoms with Crippen molar-refractivity contribution in [2.24, 2.45) is 5.92 Å². The summed E-state index contributed by atoms with van der Waals surface area (Å²) in [6.45, 7) is 2.94. The van der Waals surface area contributed by atoms with E-state index < -0.39 is 0 Å². The maximum atomic E-state index is 9.31. The Morgan fingerprint density at radius 2 is 2.21 bits per heavy atom. The molecule has 19 heavy (non-hydrogen) atoms. The molecule has 6 heteroatoms. The highest BCUT2D eigenvalue weighted by Gasteiger charge is 2.27. The van der Waals surface area contributed by atoms with Gasteiger partial charge >= 0.3 is 0 Å². The number of thiophene rings is 1. The summed E-state index contributed by atoms with van der Waals surface area (Å²) in [4.78, 5) is 11.2. The number of rotatable bonds is 4. The summed E-state index contributed by atoms with van der Waals surface area (Å²) < 4.78 is 0. The number of aliphatic hydroxyl groups excluding tert-OH is 1. The van der Waals surface area contributed by atoms with Crippen LogP contribution in [0, 0.1) is 12.8 Å². The molecule has 1 aliphatic rings. The van der Waals surface area contributed by atoms with Gasteiger partial charge in [0.1, 0.15) is 10.6 Å². The van der Waals surface area contributed by atoms with E-state index in [-0.39, 0.29) is 6.10 Å². The number of nitrogens with zero attached hydrogens (tertiary/aromatic N) is 2. The van der Waals surface area contributed by atoms with Crippen molar-refractivity contribution >= 4 is 33.3 Å². The van der Waals surface area contributed by atoms with E-state index in [9.17, 15) is 5.11 Å². The average Bonchev–Trinajstić information content (AvgIpc) is 2.72. The SMILES string of the molecule is CNc1nc(NCC2CC(O)C2)c2cc(C)sc2n1. The zero-order chi connectivity index (χ0) is 13.4. The van der Waals surface area contributed by atoms with Crippen molar-refractivity contribution in [1.29, 1.82) is 0 Å². The van der Waals surface area contributed by atoms with Crippen molar-refractivity contribution in [2.45, 2.75) is 25.9 Å². The first-order valence-corrected chi connectivity index (χ1v) is 7.35. The molecule has 0 amide bonds. The molecular formula is C13H18N4OS. The fourth-order valence-electron chi connectivity index (χ4n) is 2.40. The van der Waals surface area contributed by atoms with Gasteiger partial charge in [-0.1, -0.05) is 0 Å². The average molecular weight is 278 g/mol. The van der Waals surface area contributed by atoms with Crippen molar-refractivity contribution in [3.63, 3.8) is 0 Å². The highest BCUT2D eigenvalue weighted by Crippen LogP contribution is 2.31. The first-order valence-electron chi connectivity index (χ1n) is 6.53. The summed E-state index contributed by atoms with van der Waals surface area (Å²) in [5, 5.41) is 16.8. The molecule has 1 aliphatic carbocycles. The molecule has 0 unspecified atom stereocenters. The molecule has 5 nitrogen and oxygen atoms in total. The van der Waals surface area contributed by atoms with Crippen molar-refractivity contribution in [2.75, 3.05) is 24.2 Å². The second kappa shape index (κ2) is 4.94. The number of aliphatic hydroxyl groups is 1. The van der Waals surface area contributed by atoms with Gasteiger partial charge in [-0.3, -0.25) is 0 Å². The number of anilines is 2.